The number of carbonyl (C=O) groups is 2. The molecule has 0 spiro atoms. The number of carbonyl (C=O) groups excluding carboxylic acids is 2. The Morgan fingerprint density at radius 2 is 1.96 bits per heavy atom. The molecule has 2 aliphatic rings. The first-order valence-corrected chi connectivity index (χ1v) is 9.24. The largest absolute Gasteiger partial charge is 0.341 e. The van der Waals surface area contributed by atoms with E-state index in [-0.39, 0.29) is 23.8 Å². The molecule has 0 unspecified atom stereocenters. The molecule has 1 aromatic rings. The van der Waals surface area contributed by atoms with Crippen LogP contribution in [0.4, 0.5) is 0 Å². The molecule has 0 aromatic heterocycles. The molecule has 2 fully saturated rings. The van der Waals surface area contributed by atoms with Gasteiger partial charge in [-0.25, -0.2) is 0 Å². The maximum absolute atomic E-state index is 12.6. The monoisotopic (exact) mass is 333 g/mol. The van der Waals surface area contributed by atoms with Crippen molar-refractivity contribution >= 4 is 23.6 Å². The second-order valence-corrected chi connectivity index (χ2v) is 7.27. The van der Waals surface area contributed by atoms with Gasteiger partial charge >= 0.3 is 0 Å². The van der Waals surface area contributed by atoms with Crippen LogP contribution in [0.3, 0.4) is 0 Å². The quantitative estimate of drug-likeness (QED) is 0.894. The number of thioether (sulfide) groups is 1. The van der Waals surface area contributed by atoms with Crippen molar-refractivity contribution < 1.29 is 9.59 Å². The zero-order chi connectivity index (χ0) is 16.2. The Hall–Kier alpha value is -1.53. The van der Waals surface area contributed by atoms with E-state index in [1.165, 1.54) is 0 Å². The number of nitrogens with two attached hydrogens (primary N) is 1. The van der Waals surface area contributed by atoms with Gasteiger partial charge in [-0.3, -0.25) is 9.59 Å². The van der Waals surface area contributed by atoms with Gasteiger partial charge in [0.15, 0.2) is 0 Å². The third kappa shape index (κ3) is 3.87. The molecule has 2 amide bonds. The molecule has 0 aliphatic carbocycles. The first kappa shape index (κ1) is 16.3. The minimum Gasteiger partial charge on any atom is -0.341 e. The summed E-state index contributed by atoms with van der Waals surface area (Å²) in [5.74, 6) is 1.67. The molecule has 2 saturated heterocycles. The van der Waals surface area contributed by atoms with Gasteiger partial charge < -0.3 is 15.5 Å². The number of benzene rings is 1. The van der Waals surface area contributed by atoms with Crippen molar-refractivity contribution in [3.8, 4) is 0 Å². The highest BCUT2D eigenvalue weighted by atomic mass is 32.2. The van der Waals surface area contributed by atoms with Crippen molar-refractivity contribution in [3.05, 3.63) is 35.9 Å². The standard InChI is InChI=1S/C17H23N3O2S/c18-15-6-7-19(16(21)10-13-4-2-1-3-5-13)11-14(15)17(22)20-8-9-23-12-20/h1-5,14-15H,6-12,18H2/t14-,15+/m0/s1. The van der Waals surface area contributed by atoms with Gasteiger partial charge in [-0.15, -0.1) is 11.8 Å². The van der Waals surface area contributed by atoms with Crippen molar-refractivity contribution in [2.24, 2.45) is 11.7 Å². The van der Waals surface area contributed by atoms with Crippen LogP contribution in [0.5, 0.6) is 0 Å². The van der Waals surface area contributed by atoms with Gasteiger partial charge in [0, 0.05) is 31.4 Å². The number of hydrogen-bond donors (Lipinski definition) is 1. The van der Waals surface area contributed by atoms with Gasteiger partial charge in [0.1, 0.15) is 0 Å². The molecule has 6 heteroatoms. The Kier molecular flexibility index (Phi) is 5.23. The first-order valence-electron chi connectivity index (χ1n) is 8.09. The molecule has 3 rings (SSSR count). The number of likely N-dealkylation sites (tertiary alicyclic amines) is 1. The predicted octanol–water partition coefficient (Wildman–Crippen LogP) is 0.938. The molecular weight excluding hydrogens is 310 g/mol. The van der Waals surface area contributed by atoms with Gasteiger partial charge in [0.25, 0.3) is 0 Å². The van der Waals surface area contributed by atoms with Gasteiger partial charge in [-0.05, 0) is 12.0 Å². The van der Waals surface area contributed by atoms with Crippen LogP contribution in [-0.2, 0) is 16.0 Å². The topological polar surface area (TPSA) is 66.6 Å². The highest BCUT2D eigenvalue weighted by Crippen LogP contribution is 2.22. The van der Waals surface area contributed by atoms with Crippen molar-refractivity contribution in [2.75, 3.05) is 31.3 Å². The molecule has 2 aliphatic heterocycles. The van der Waals surface area contributed by atoms with Crippen LogP contribution in [0.15, 0.2) is 30.3 Å². The highest BCUT2D eigenvalue weighted by molar-refractivity contribution is 7.99. The summed E-state index contributed by atoms with van der Waals surface area (Å²) in [5.41, 5.74) is 7.18. The zero-order valence-electron chi connectivity index (χ0n) is 13.2. The normalized spacial score (nSPS) is 24.7. The molecule has 5 nitrogen and oxygen atoms in total. The maximum atomic E-state index is 12.6. The van der Waals surface area contributed by atoms with E-state index < -0.39 is 0 Å². The Balaban J connectivity index is 1.62. The number of hydrogen-bond acceptors (Lipinski definition) is 4. The van der Waals surface area contributed by atoms with Crippen molar-refractivity contribution in [1.29, 1.82) is 0 Å². The molecular formula is C17H23N3O2S. The number of piperidine rings is 1. The van der Waals surface area contributed by atoms with Crippen LogP contribution < -0.4 is 5.73 Å². The van der Waals surface area contributed by atoms with Crippen LogP contribution in [0.2, 0.25) is 0 Å². The summed E-state index contributed by atoms with van der Waals surface area (Å²) in [7, 11) is 0. The molecule has 2 atom stereocenters. The Bertz CT molecular complexity index is 560. The lowest BCUT2D eigenvalue weighted by atomic mass is 9.91. The smallest absolute Gasteiger partial charge is 0.229 e. The maximum Gasteiger partial charge on any atom is 0.229 e. The second kappa shape index (κ2) is 7.36. The lowest BCUT2D eigenvalue weighted by Gasteiger charge is -2.37. The van der Waals surface area contributed by atoms with Crippen LogP contribution >= 0.6 is 11.8 Å². The van der Waals surface area contributed by atoms with Crippen LogP contribution in [-0.4, -0.2) is 58.9 Å². The fourth-order valence-corrected chi connectivity index (χ4v) is 4.12. The van der Waals surface area contributed by atoms with E-state index >= 15 is 0 Å². The first-order chi connectivity index (χ1) is 11.1. The SMILES string of the molecule is N[C@@H]1CCN(C(=O)Cc2ccccc2)C[C@@H]1C(=O)N1CCSC1. The fourth-order valence-electron chi connectivity index (χ4n) is 3.16. The third-order valence-corrected chi connectivity index (χ3v) is 5.56. The van der Waals surface area contributed by atoms with Crippen LogP contribution in [0.25, 0.3) is 0 Å². The summed E-state index contributed by atoms with van der Waals surface area (Å²) in [4.78, 5) is 28.8. The van der Waals surface area contributed by atoms with Crippen LogP contribution in [0, 0.1) is 5.92 Å². The molecule has 124 valence electrons. The van der Waals surface area contributed by atoms with E-state index in [0.717, 1.165) is 23.7 Å². The summed E-state index contributed by atoms with van der Waals surface area (Å²) < 4.78 is 0. The minimum atomic E-state index is -0.262. The Morgan fingerprint density at radius 1 is 1.17 bits per heavy atom. The average Bonchev–Trinajstić information content (AvgIpc) is 3.10. The molecule has 23 heavy (non-hydrogen) atoms. The van der Waals surface area contributed by atoms with E-state index in [0.29, 0.717) is 25.9 Å². The molecule has 0 saturated carbocycles. The van der Waals surface area contributed by atoms with Gasteiger partial charge in [-0.1, -0.05) is 30.3 Å². The van der Waals surface area contributed by atoms with Gasteiger partial charge in [0.05, 0.1) is 18.2 Å². The fraction of sp³-hybridized carbons (Fsp3) is 0.529. The van der Waals surface area contributed by atoms with E-state index in [1.807, 2.05) is 40.1 Å². The van der Waals surface area contributed by atoms with Gasteiger partial charge in [0.2, 0.25) is 11.8 Å². The molecule has 2 N–H and O–H groups in total. The minimum absolute atomic E-state index is 0.0803. The molecule has 2 heterocycles. The number of amides is 2. The third-order valence-electron chi connectivity index (χ3n) is 4.60. The summed E-state index contributed by atoms with van der Waals surface area (Å²) in [5, 5.41) is 0. The van der Waals surface area contributed by atoms with Crippen molar-refractivity contribution in [3.63, 3.8) is 0 Å². The van der Waals surface area contributed by atoms with Gasteiger partial charge in [-0.2, -0.15) is 0 Å². The average molecular weight is 333 g/mol. The van der Waals surface area contributed by atoms with E-state index in [1.54, 1.807) is 11.8 Å². The van der Waals surface area contributed by atoms with E-state index in [2.05, 4.69) is 0 Å². The Morgan fingerprint density at radius 3 is 2.65 bits per heavy atom. The van der Waals surface area contributed by atoms with E-state index in [4.69, 9.17) is 5.73 Å². The zero-order valence-corrected chi connectivity index (χ0v) is 14.0. The molecule has 1 aromatic carbocycles. The molecule has 0 radical (unpaired) electrons. The Labute approximate surface area is 141 Å². The summed E-state index contributed by atoms with van der Waals surface area (Å²) in [6.45, 7) is 1.89. The van der Waals surface area contributed by atoms with E-state index in [9.17, 15) is 9.59 Å². The number of nitrogens with zero attached hydrogens (tertiary/aromatic N) is 2. The second-order valence-electron chi connectivity index (χ2n) is 6.20. The summed E-state index contributed by atoms with van der Waals surface area (Å²) in [6.07, 6.45) is 1.08. The lowest BCUT2D eigenvalue weighted by molar-refractivity contribution is -0.140. The van der Waals surface area contributed by atoms with Crippen molar-refractivity contribution in [1.82, 2.24) is 9.80 Å². The lowest BCUT2D eigenvalue weighted by Crippen LogP contribution is -2.55. The number of rotatable bonds is 3. The van der Waals surface area contributed by atoms with Crippen LogP contribution in [0.1, 0.15) is 12.0 Å². The highest BCUT2D eigenvalue weighted by Gasteiger charge is 2.36. The summed E-state index contributed by atoms with van der Waals surface area (Å²) in [6, 6.07) is 9.58. The van der Waals surface area contributed by atoms with Crippen molar-refractivity contribution in [2.45, 2.75) is 18.9 Å². The molecule has 0 bridgehead atoms. The predicted molar refractivity (Wildman–Crippen MR) is 91.8 cm³/mol. The summed E-state index contributed by atoms with van der Waals surface area (Å²) >= 11 is 1.77.